The number of rotatable bonds is 2. The van der Waals surface area contributed by atoms with E-state index in [4.69, 9.17) is 0 Å². The zero-order valence-electron chi connectivity index (χ0n) is 9.47. The monoisotopic (exact) mass is 244 g/mol. The third-order valence-corrected chi connectivity index (χ3v) is 4.94. The molecule has 0 saturated carbocycles. The minimum atomic E-state index is -2.89. The predicted molar refractivity (Wildman–Crippen MR) is 59.9 cm³/mol. The van der Waals surface area contributed by atoms with Gasteiger partial charge in [0, 0.05) is 11.3 Å². The molecular weight excluding hydrogens is 228 g/mol. The Bertz CT molecular complexity index is 504. The molecule has 0 unspecified atom stereocenters. The van der Waals surface area contributed by atoms with E-state index in [1.165, 1.54) is 0 Å². The van der Waals surface area contributed by atoms with Crippen LogP contribution in [0.5, 0.6) is 0 Å². The molecule has 0 aromatic carbocycles. The maximum Gasteiger partial charge on any atom is 0.152 e. The molecule has 1 saturated heterocycles. The number of hydrogen-bond donors (Lipinski definition) is 1. The number of nitrogens with zero attached hydrogens (tertiary/aromatic N) is 2. The van der Waals surface area contributed by atoms with E-state index >= 15 is 0 Å². The van der Waals surface area contributed by atoms with Gasteiger partial charge in [-0.15, -0.1) is 0 Å². The van der Waals surface area contributed by atoms with Gasteiger partial charge in [-0.05, 0) is 20.3 Å². The first-order valence-electron chi connectivity index (χ1n) is 5.30. The summed E-state index contributed by atoms with van der Waals surface area (Å²) < 4.78 is 24.5. The van der Waals surface area contributed by atoms with Crippen LogP contribution in [0.25, 0.3) is 0 Å². The van der Waals surface area contributed by atoms with Crippen LogP contribution in [0, 0.1) is 13.8 Å². The van der Waals surface area contributed by atoms with Crippen molar-refractivity contribution in [2.24, 2.45) is 0 Å². The standard InChI is InChI=1S/C10H16N2O3S/c1-7-10(5-13)8(2)12(11-7)9-3-4-16(14,15)6-9/h9,13H,3-6H2,1-2H3/t9-/m0/s1. The summed E-state index contributed by atoms with van der Waals surface area (Å²) in [7, 11) is -2.89. The molecule has 6 heteroatoms. The fraction of sp³-hybridized carbons (Fsp3) is 0.700. The van der Waals surface area contributed by atoms with E-state index in [1.807, 2.05) is 13.8 Å². The van der Waals surface area contributed by atoms with E-state index in [9.17, 15) is 13.5 Å². The molecule has 1 aromatic rings. The summed E-state index contributed by atoms with van der Waals surface area (Å²) in [4.78, 5) is 0. The quantitative estimate of drug-likeness (QED) is 0.815. The molecule has 0 aliphatic carbocycles. The number of aryl methyl sites for hydroxylation is 1. The van der Waals surface area contributed by atoms with Crippen LogP contribution in [0.3, 0.4) is 0 Å². The molecule has 2 rings (SSSR count). The Morgan fingerprint density at radius 2 is 2.19 bits per heavy atom. The molecule has 16 heavy (non-hydrogen) atoms. The fourth-order valence-corrected chi connectivity index (χ4v) is 3.94. The lowest BCUT2D eigenvalue weighted by Gasteiger charge is -2.11. The van der Waals surface area contributed by atoms with Crippen molar-refractivity contribution in [2.45, 2.75) is 32.9 Å². The number of aromatic nitrogens is 2. The van der Waals surface area contributed by atoms with Crippen molar-refractivity contribution in [2.75, 3.05) is 11.5 Å². The molecule has 0 spiro atoms. The zero-order valence-corrected chi connectivity index (χ0v) is 10.3. The molecule has 1 aromatic heterocycles. The third kappa shape index (κ3) is 1.87. The molecule has 1 aliphatic rings. The molecule has 5 nitrogen and oxygen atoms in total. The number of sulfone groups is 1. The van der Waals surface area contributed by atoms with Crippen LogP contribution in [0.1, 0.15) is 29.4 Å². The minimum Gasteiger partial charge on any atom is -0.392 e. The average Bonchev–Trinajstić information content (AvgIpc) is 2.68. The summed E-state index contributed by atoms with van der Waals surface area (Å²) >= 11 is 0. The summed E-state index contributed by atoms with van der Waals surface area (Å²) in [5, 5.41) is 13.5. The third-order valence-electron chi connectivity index (χ3n) is 3.19. The van der Waals surface area contributed by atoms with Gasteiger partial charge in [0.25, 0.3) is 0 Å². The summed E-state index contributed by atoms with van der Waals surface area (Å²) in [6, 6.07) is -0.0657. The Morgan fingerprint density at radius 1 is 1.50 bits per heavy atom. The smallest absolute Gasteiger partial charge is 0.152 e. The molecule has 1 aliphatic heterocycles. The Morgan fingerprint density at radius 3 is 2.62 bits per heavy atom. The van der Waals surface area contributed by atoms with Crippen LogP contribution in [0.2, 0.25) is 0 Å². The molecule has 0 bridgehead atoms. The normalized spacial score (nSPS) is 23.8. The second-order valence-electron chi connectivity index (χ2n) is 4.31. The summed E-state index contributed by atoms with van der Waals surface area (Å²) in [5.74, 6) is 0.407. The lowest BCUT2D eigenvalue weighted by atomic mass is 10.2. The van der Waals surface area contributed by atoms with Crippen LogP contribution in [-0.2, 0) is 16.4 Å². The van der Waals surface area contributed by atoms with Gasteiger partial charge in [-0.1, -0.05) is 0 Å². The maximum absolute atomic E-state index is 11.4. The molecule has 0 amide bonds. The molecular formula is C10H16N2O3S. The Kier molecular flexibility index (Phi) is 2.79. The van der Waals surface area contributed by atoms with Gasteiger partial charge in [0.15, 0.2) is 9.84 Å². The van der Waals surface area contributed by atoms with E-state index in [0.717, 1.165) is 17.0 Å². The summed E-state index contributed by atoms with van der Waals surface area (Å²) in [5.41, 5.74) is 2.47. The average molecular weight is 244 g/mol. The van der Waals surface area contributed by atoms with Crippen molar-refractivity contribution < 1.29 is 13.5 Å². The van der Waals surface area contributed by atoms with Crippen molar-refractivity contribution in [1.82, 2.24) is 9.78 Å². The number of hydrogen-bond acceptors (Lipinski definition) is 4. The fourth-order valence-electron chi connectivity index (χ4n) is 2.25. The molecule has 1 atom stereocenters. The lowest BCUT2D eigenvalue weighted by molar-refractivity contribution is 0.280. The molecule has 1 N–H and O–H groups in total. The highest BCUT2D eigenvalue weighted by Gasteiger charge is 2.31. The first-order chi connectivity index (χ1) is 7.44. The summed E-state index contributed by atoms with van der Waals surface area (Å²) in [6.45, 7) is 3.66. The van der Waals surface area contributed by atoms with Crippen molar-refractivity contribution in [3.63, 3.8) is 0 Å². The second-order valence-corrected chi connectivity index (χ2v) is 6.54. The highest BCUT2D eigenvalue weighted by molar-refractivity contribution is 7.91. The minimum absolute atomic E-state index is 0.0445. The topological polar surface area (TPSA) is 72.2 Å². The van der Waals surface area contributed by atoms with Crippen LogP contribution < -0.4 is 0 Å². The van der Waals surface area contributed by atoms with Gasteiger partial charge < -0.3 is 5.11 Å². The Hall–Kier alpha value is -0.880. The van der Waals surface area contributed by atoms with Crippen molar-refractivity contribution in [3.05, 3.63) is 17.0 Å². The number of aliphatic hydroxyl groups is 1. The van der Waals surface area contributed by atoms with Crippen molar-refractivity contribution in [3.8, 4) is 0 Å². The highest BCUT2D eigenvalue weighted by Crippen LogP contribution is 2.26. The predicted octanol–water partition coefficient (Wildman–Crippen LogP) is 0.352. The van der Waals surface area contributed by atoms with Gasteiger partial charge in [-0.3, -0.25) is 4.68 Å². The molecule has 1 fully saturated rings. The molecule has 0 radical (unpaired) electrons. The largest absolute Gasteiger partial charge is 0.392 e. The maximum atomic E-state index is 11.4. The van der Waals surface area contributed by atoms with E-state index in [2.05, 4.69) is 5.10 Å². The highest BCUT2D eigenvalue weighted by atomic mass is 32.2. The zero-order chi connectivity index (χ0) is 11.9. The van der Waals surface area contributed by atoms with Gasteiger partial charge in [0.2, 0.25) is 0 Å². The molecule has 2 heterocycles. The Labute approximate surface area is 95.0 Å². The van der Waals surface area contributed by atoms with Crippen LogP contribution in [0.4, 0.5) is 0 Å². The van der Waals surface area contributed by atoms with Crippen LogP contribution in [0.15, 0.2) is 0 Å². The van der Waals surface area contributed by atoms with Crippen molar-refractivity contribution in [1.29, 1.82) is 0 Å². The van der Waals surface area contributed by atoms with Crippen LogP contribution >= 0.6 is 0 Å². The van der Waals surface area contributed by atoms with Gasteiger partial charge in [-0.25, -0.2) is 8.42 Å². The number of aliphatic hydroxyl groups excluding tert-OH is 1. The molecule has 90 valence electrons. The second kappa shape index (κ2) is 3.85. The Balaban J connectivity index is 2.36. The SMILES string of the molecule is Cc1nn([C@H]2CCS(=O)(=O)C2)c(C)c1CO. The first kappa shape index (κ1) is 11.6. The van der Waals surface area contributed by atoms with Crippen molar-refractivity contribution >= 4 is 9.84 Å². The van der Waals surface area contributed by atoms with E-state index in [-0.39, 0.29) is 24.2 Å². The van der Waals surface area contributed by atoms with Gasteiger partial charge in [0.05, 0.1) is 29.8 Å². The van der Waals surface area contributed by atoms with E-state index < -0.39 is 9.84 Å². The van der Waals surface area contributed by atoms with Gasteiger partial charge >= 0.3 is 0 Å². The summed E-state index contributed by atoms with van der Waals surface area (Å²) in [6.07, 6.45) is 0.620. The lowest BCUT2D eigenvalue weighted by Crippen LogP contribution is -2.14. The van der Waals surface area contributed by atoms with Gasteiger partial charge in [-0.2, -0.15) is 5.10 Å². The first-order valence-corrected chi connectivity index (χ1v) is 7.12. The van der Waals surface area contributed by atoms with Gasteiger partial charge in [0.1, 0.15) is 0 Å². The van der Waals surface area contributed by atoms with E-state index in [0.29, 0.717) is 6.42 Å². The van der Waals surface area contributed by atoms with Crippen LogP contribution in [-0.4, -0.2) is 34.8 Å². The van der Waals surface area contributed by atoms with E-state index in [1.54, 1.807) is 4.68 Å².